The third-order valence-corrected chi connectivity index (χ3v) is 4.76. The first-order valence-electron chi connectivity index (χ1n) is 5.43. The van der Waals surface area contributed by atoms with E-state index in [0.717, 1.165) is 48.4 Å². The van der Waals surface area contributed by atoms with Crippen molar-refractivity contribution in [3.05, 3.63) is 16.1 Å². The van der Waals surface area contributed by atoms with Crippen LogP contribution in [0.5, 0.6) is 0 Å². The fourth-order valence-corrected chi connectivity index (χ4v) is 3.64. The minimum absolute atomic E-state index is 0.586. The van der Waals surface area contributed by atoms with Crippen molar-refractivity contribution in [2.45, 2.75) is 13.1 Å². The summed E-state index contributed by atoms with van der Waals surface area (Å²) in [5.74, 6) is 1.63. The van der Waals surface area contributed by atoms with Gasteiger partial charge in [-0.1, -0.05) is 0 Å². The molecule has 0 radical (unpaired) electrons. The summed E-state index contributed by atoms with van der Waals surface area (Å²) in [6, 6.07) is 0. The Labute approximate surface area is 103 Å². The van der Waals surface area contributed by atoms with Crippen molar-refractivity contribution in [2.24, 2.45) is 0 Å². The van der Waals surface area contributed by atoms with E-state index in [0.29, 0.717) is 0 Å². The molecule has 1 aromatic heterocycles. The lowest BCUT2D eigenvalue weighted by atomic mass is 10.4. The fourth-order valence-electron chi connectivity index (χ4n) is 1.72. The molecule has 0 atom stereocenters. The second kappa shape index (κ2) is 5.86. The second-order valence-electron chi connectivity index (χ2n) is 3.89. The predicted molar refractivity (Wildman–Crippen MR) is 68.0 cm³/mol. The highest BCUT2D eigenvalue weighted by molar-refractivity contribution is 7.85. The lowest BCUT2D eigenvalue weighted by molar-refractivity contribution is 0.288. The maximum atomic E-state index is 11.2. The van der Waals surface area contributed by atoms with Gasteiger partial charge in [0.15, 0.2) is 0 Å². The Kier molecular flexibility index (Phi) is 4.45. The first-order valence-corrected chi connectivity index (χ1v) is 7.80. The van der Waals surface area contributed by atoms with Gasteiger partial charge in [0.05, 0.1) is 5.69 Å². The maximum absolute atomic E-state index is 11.2. The Morgan fingerprint density at radius 1 is 1.56 bits per heavy atom. The van der Waals surface area contributed by atoms with E-state index in [1.807, 2.05) is 7.05 Å². The van der Waals surface area contributed by atoms with E-state index in [1.165, 1.54) is 0 Å². The Bertz CT molecular complexity index is 357. The van der Waals surface area contributed by atoms with Gasteiger partial charge in [0.25, 0.3) is 0 Å². The van der Waals surface area contributed by atoms with Gasteiger partial charge in [-0.2, -0.15) is 0 Å². The van der Waals surface area contributed by atoms with Crippen LogP contribution in [0.3, 0.4) is 0 Å². The van der Waals surface area contributed by atoms with Crippen molar-refractivity contribution in [2.75, 3.05) is 31.6 Å². The first kappa shape index (κ1) is 12.2. The summed E-state index contributed by atoms with van der Waals surface area (Å²) in [5, 5.41) is 6.36. The highest BCUT2D eigenvalue weighted by Crippen LogP contribution is 2.12. The van der Waals surface area contributed by atoms with Crippen LogP contribution in [-0.4, -0.2) is 45.7 Å². The Morgan fingerprint density at radius 2 is 2.31 bits per heavy atom. The third-order valence-electron chi connectivity index (χ3n) is 2.58. The van der Waals surface area contributed by atoms with Crippen LogP contribution in [0.1, 0.15) is 10.7 Å². The van der Waals surface area contributed by atoms with E-state index in [2.05, 4.69) is 20.6 Å². The normalized spacial score (nSPS) is 19.1. The Morgan fingerprint density at radius 3 is 3.00 bits per heavy atom. The van der Waals surface area contributed by atoms with Crippen molar-refractivity contribution in [1.82, 2.24) is 15.2 Å². The van der Waals surface area contributed by atoms with E-state index in [4.69, 9.17) is 0 Å². The fraction of sp³-hybridized carbons (Fsp3) is 0.700. The molecule has 6 heteroatoms. The van der Waals surface area contributed by atoms with Crippen molar-refractivity contribution in [3.8, 4) is 0 Å². The quantitative estimate of drug-likeness (QED) is 0.851. The first-order chi connectivity index (χ1) is 7.78. The van der Waals surface area contributed by atoms with E-state index in [-0.39, 0.29) is 0 Å². The third kappa shape index (κ3) is 3.35. The van der Waals surface area contributed by atoms with Crippen LogP contribution in [0.25, 0.3) is 0 Å². The Hall–Kier alpha value is -0.300. The van der Waals surface area contributed by atoms with Gasteiger partial charge in [-0.25, -0.2) is 4.98 Å². The van der Waals surface area contributed by atoms with Crippen molar-refractivity contribution in [1.29, 1.82) is 0 Å². The lowest BCUT2D eigenvalue weighted by Gasteiger charge is -2.25. The molecule has 1 aliphatic rings. The second-order valence-corrected chi connectivity index (χ2v) is 6.53. The minimum atomic E-state index is -0.586. The zero-order valence-corrected chi connectivity index (χ0v) is 11.1. The summed E-state index contributed by atoms with van der Waals surface area (Å²) in [6.45, 7) is 3.61. The molecule has 1 fully saturated rings. The van der Waals surface area contributed by atoms with Gasteiger partial charge in [0.2, 0.25) is 0 Å². The molecule has 1 aromatic rings. The maximum Gasteiger partial charge on any atom is 0.107 e. The van der Waals surface area contributed by atoms with E-state index in [9.17, 15) is 4.21 Å². The average molecular weight is 259 g/mol. The summed E-state index contributed by atoms with van der Waals surface area (Å²) in [5.41, 5.74) is 1.14. The molecular formula is C10H17N3OS2. The number of nitrogens with zero attached hydrogens (tertiary/aromatic N) is 2. The standard InChI is InChI=1S/C10H17N3OS2/c1-11-6-10-12-9(8-15-10)7-13-2-4-16(14)5-3-13/h8,11H,2-7H2,1H3. The smallest absolute Gasteiger partial charge is 0.107 e. The molecule has 16 heavy (non-hydrogen) atoms. The number of rotatable bonds is 4. The highest BCUT2D eigenvalue weighted by atomic mass is 32.2. The van der Waals surface area contributed by atoms with Gasteiger partial charge in [-0.3, -0.25) is 9.11 Å². The van der Waals surface area contributed by atoms with Crippen molar-refractivity contribution < 1.29 is 4.21 Å². The zero-order valence-electron chi connectivity index (χ0n) is 9.44. The molecule has 0 spiro atoms. The van der Waals surface area contributed by atoms with Gasteiger partial charge >= 0.3 is 0 Å². The topological polar surface area (TPSA) is 45.2 Å². The van der Waals surface area contributed by atoms with Crippen LogP contribution >= 0.6 is 11.3 Å². The Balaban J connectivity index is 1.86. The predicted octanol–water partition coefficient (Wildman–Crippen LogP) is 0.427. The van der Waals surface area contributed by atoms with Gasteiger partial charge in [-0.15, -0.1) is 11.3 Å². The molecule has 90 valence electrons. The van der Waals surface area contributed by atoms with Gasteiger partial charge < -0.3 is 5.32 Å². The molecule has 2 heterocycles. The van der Waals surface area contributed by atoms with Crippen LogP contribution in [0.4, 0.5) is 0 Å². The molecule has 1 N–H and O–H groups in total. The molecular weight excluding hydrogens is 242 g/mol. The van der Waals surface area contributed by atoms with E-state index < -0.39 is 10.8 Å². The van der Waals surface area contributed by atoms with Gasteiger partial charge in [0.1, 0.15) is 5.01 Å². The molecule has 0 amide bonds. The summed E-state index contributed by atoms with van der Waals surface area (Å²) < 4.78 is 11.2. The number of aromatic nitrogens is 1. The van der Waals surface area contributed by atoms with Crippen LogP contribution < -0.4 is 5.32 Å². The van der Waals surface area contributed by atoms with Crippen molar-refractivity contribution >= 4 is 22.1 Å². The zero-order chi connectivity index (χ0) is 11.4. The molecule has 4 nitrogen and oxygen atoms in total. The summed E-state index contributed by atoms with van der Waals surface area (Å²) >= 11 is 1.70. The van der Waals surface area contributed by atoms with Gasteiger partial charge in [0, 0.05) is 53.9 Å². The minimum Gasteiger partial charge on any atom is -0.314 e. The van der Waals surface area contributed by atoms with Crippen LogP contribution in [-0.2, 0) is 23.9 Å². The van der Waals surface area contributed by atoms with Crippen molar-refractivity contribution in [3.63, 3.8) is 0 Å². The molecule has 1 aliphatic heterocycles. The monoisotopic (exact) mass is 259 g/mol. The van der Waals surface area contributed by atoms with E-state index >= 15 is 0 Å². The van der Waals surface area contributed by atoms with Crippen LogP contribution in [0, 0.1) is 0 Å². The molecule has 0 saturated carbocycles. The highest BCUT2D eigenvalue weighted by Gasteiger charge is 2.16. The number of hydrogen-bond donors (Lipinski definition) is 1. The summed E-state index contributed by atoms with van der Waals surface area (Å²) in [7, 11) is 1.35. The van der Waals surface area contributed by atoms with E-state index in [1.54, 1.807) is 11.3 Å². The summed E-state index contributed by atoms with van der Waals surface area (Å²) in [4.78, 5) is 6.88. The van der Waals surface area contributed by atoms with Crippen LogP contribution in [0.15, 0.2) is 5.38 Å². The molecule has 1 saturated heterocycles. The molecule has 0 aromatic carbocycles. The summed E-state index contributed by atoms with van der Waals surface area (Å²) in [6.07, 6.45) is 0. The SMILES string of the molecule is CNCc1nc(CN2CCS(=O)CC2)cs1. The van der Waals surface area contributed by atoms with Gasteiger partial charge in [-0.05, 0) is 7.05 Å². The average Bonchev–Trinajstić information content (AvgIpc) is 2.70. The largest absolute Gasteiger partial charge is 0.314 e. The van der Waals surface area contributed by atoms with Crippen LogP contribution in [0.2, 0.25) is 0 Å². The molecule has 0 aliphatic carbocycles. The number of thiazole rings is 1. The number of hydrogen-bond acceptors (Lipinski definition) is 5. The molecule has 0 bridgehead atoms. The molecule has 0 unspecified atom stereocenters. The lowest BCUT2D eigenvalue weighted by Crippen LogP contribution is -2.37. The number of nitrogens with one attached hydrogen (secondary N) is 1. The molecule has 2 rings (SSSR count).